The van der Waals surface area contributed by atoms with Gasteiger partial charge in [-0.15, -0.1) is 24.8 Å². The Morgan fingerprint density at radius 2 is 1.95 bits per heavy atom. The average Bonchev–Trinajstić information content (AvgIpc) is 2.93. The van der Waals surface area contributed by atoms with Crippen molar-refractivity contribution < 1.29 is 0 Å². The second-order valence-corrected chi connectivity index (χ2v) is 5.30. The summed E-state index contributed by atoms with van der Waals surface area (Å²) in [6, 6.07) is 9.31. The molecular weight excluding hydrogens is 293 g/mol. The van der Waals surface area contributed by atoms with Crippen LogP contribution in [0.5, 0.6) is 0 Å². The zero-order valence-corrected chi connectivity index (χ0v) is 13.7. The van der Waals surface area contributed by atoms with Gasteiger partial charge in [0.15, 0.2) is 0 Å². The molecule has 1 aliphatic carbocycles. The molecule has 0 fully saturated rings. The van der Waals surface area contributed by atoms with E-state index in [1.807, 2.05) is 23.9 Å². The van der Waals surface area contributed by atoms with Gasteiger partial charge in [0, 0.05) is 12.2 Å². The third-order valence-electron chi connectivity index (χ3n) is 3.79. The van der Waals surface area contributed by atoms with E-state index >= 15 is 0 Å². The normalized spacial score (nSPS) is 16.5. The molecule has 0 saturated carbocycles. The molecule has 0 radical (unpaired) electrons. The van der Waals surface area contributed by atoms with Crippen molar-refractivity contribution in [2.24, 2.45) is 0 Å². The van der Waals surface area contributed by atoms with Gasteiger partial charge in [0.1, 0.15) is 0 Å². The lowest BCUT2D eigenvalue weighted by atomic mass is 10.1. The fourth-order valence-corrected chi connectivity index (χ4v) is 2.81. The van der Waals surface area contributed by atoms with Crippen molar-refractivity contribution in [3.05, 3.63) is 47.3 Å². The standard InChI is InChI=1S/C15H19N3.2ClH/c1-11-8-9-18(16-11)13-6-4-12-5-7-15(17(2)3)14(12)10-13;;/h4,6,8-10,15H,5,7H2,1-3H3;2*1H. The van der Waals surface area contributed by atoms with E-state index in [9.17, 15) is 0 Å². The molecule has 1 heterocycles. The van der Waals surface area contributed by atoms with Crippen molar-refractivity contribution in [1.82, 2.24) is 14.7 Å². The van der Waals surface area contributed by atoms with E-state index < -0.39 is 0 Å². The average molecular weight is 314 g/mol. The van der Waals surface area contributed by atoms with Gasteiger partial charge in [0.25, 0.3) is 0 Å². The lowest BCUT2D eigenvalue weighted by molar-refractivity contribution is 0.299. The molecule has 1 aromatic heterocycles. The molecule has 0 N–H and O–H groups in total. The first kappa shape index (κ1) is 17.0. The minimum Gasteiger partial charge on any atom is -0.302 e. The Balaban J connectivity index is 0.000001000. The first-order valence-electron chi connectivity index (χ1n) is 6.47. The minimum absolute atomic E-state index is 0. The predicted molar refractivity (Wildman–Crippen MR) is 87.5 cm³/mol. The predicted octanol–water partition coefficient (Wildman–Crippen LogP) is 3.57. The van der Waals surface area contributed by atoms with E-state index in [1.165, 1.54) is 24.0 Å². The highest BCUT2D eigenvalue weighted by Crippen LogP contribution is 2.35. The highest BCUT2D eigenvalue weighted by molar-refractivity contribution is 5.85. The van der Waals surface area contributed by atoms with Crippen molar-refractivity contribution in [3.63, 3.8) is 0 Å². The van der Waals surface area contributed by atoms with Crippen LogP contribution in [0.2, 0.25) is 0 Å². The number of rotatable bonds is 2. The maximum absolute atomic E-state index is 4.48. The molecule has 110 valence electrons. The van der Waals surface area contributed by atoms with Crippen LogP contribution in [-0.4, -0.2) is 28.8 Å². The Hall–Kier alpha value is -1.03. The van der Waals surface area contributed by atoms with E-state index in [2.05, 4.69) is 42.3 Å². The maximum atomic E-state index is 4.48. The minimum atomic E-state index is 0. The van der Waals surface area contributed by atoms with Crippen molar-refractivity contribution in [2.45, 2.75) is 25.8 Å². The fourth-order valence-electron chi connectivity index (χ4n) is 2.81. The quantitative estimate of drug-likeness (QED) is 0.845. The number of hydrogen-bond acceptors (Lipinski definition) is 2. The lowest BCUT2D eigenvalue weighted by Crippen LogP contribution is -2.17. The van der Waals surface area contributed by atoms with Crippen LogP contribution in [0.1, 0.15) is 29.3 Å². The van der Waals surface area contributed by atoms with E-state index in [0.29, 0.717) is 6.04 Å². The summed E-state index contributed by atoms with van der Waals surface area (Å²) in [7, 11) is 4.31. The molecule has 1 aromatic carbocycles. The highest BCUT2D eigenvalue weighted by Gasteiger charge is 2.24. The zero-order chi connectivity index (χ0) is 12.7. The van der Waals surface area contributed by atoms with Gasteiger partial charge in [0.05, 0.1) is 11.4 Å². The molecule has 0 spiro atoms. The first-order chi connectivity index (χ1) is 8.65. The van der Waals surface area contributed by atoms with Crippen molar-refractivity contribution in [1.29, 1.82) is 0 Å². The van der Waals surface area contributed by atoms with Gasteiger partial charge in [-0.3, -0.25) is 0 Å². The topological polar surface area (TPSA) is 21.1 Å². The van der Waals surface area contributed by atoms with E-state index in [4.69, 9.17) is 0 Å². The van der Waals surface area contributed by atoms with Crippen LogP contribution in [0, 0.1) is 6.92 Å². The molecular formula is C15H21Cl2N3. The SMILES string of the molecule is Cc1ccn(-c2ccc3c(c2)C(N(C)C)CC3)n1.Cl.Cl. The van der Waals surface area contributed by atoms with Crippen LogP contribution in [0.4, 0.5) is 0 Å². The molecule has 0 aliphatic heterocycles. The molecule has 20 heavy (non-hydrogen) atoms. The van der Waals surface area contributed by atoms with Crippen LogP contribution in [0.25, 0.3) is 5.69 Å². The second kappa shape index (κ2) is 6.61. The Bertz CT molecular complexity index is 578. The van der Waals surface area contributed by atoms with Gasteiger partial charge >= 0.3 is 0 Å². The summed E-state index contributed by atoms with van der Waals surface area (Å²) in [5.41, 5.74) is 5.17. The van der Waals surface area contributed by atoms with E-state index in [1.54, 1.807) is 0 Å². The summed E-state index contributed by atoms with van der Waals surface area (Å²) in [6.45, 7) is 2.02. The molecule has 2 aromatic rings. The van der Waals surface area contributed by atoms with Gasteiger partial charge in [-0.25, -0.2) is 4.68 Å². The van der Waals surface area contributed by atoms with Gasteiger partial charge in [0.2, 0.25) is 0 Å². The molecule has 3 rings (SSSR count). The number of benzene rings is 1. The summed E-state index contributed by atoms with van der Waals surface area (Å²) in [6.07, 6.45) is 4.44. The largest absolute Gasteiger partial charge is 0.302 e. The number of aryl methyl sites for hydroxylation is 2. The first-order valence-corrected chi connectivity index (χ1v) is 6.47. The molecule has 0 amide bonds. The number of halogens is 2. The number of nitrogens with zero attached hydrogens (tertiary/aromatic N) is 3. The zero-order valence-electron chi connectivity index (χ0n) is 12.0. The summed E-state index contributed by atoms with van der Waals surface area (Å²) in [5, 5.41) is 4.48. The van der Waals surface area contributed by atoms with Crippen LogP contribution < -0.4 is 0 Å². The molecule has 1 aliphatic rings. The number of aromatic nitrogens is 2. The molecule has 3 nitrogen and oxygen atoms in total. The van der Waals surface area contributed by atoms with Crippen LogP contribution >= 0.6 is 24.8 Å². The van der Waals surface area contributed by atoms with Crippen LogP contribution in [0.15, 0.2) is 30.5 Å². The fraction of sp³-hybridized carbons (Fsp3) is 0.400. The summed E-state index contributed by atoms with van der Waals surface area (Å²) in [4.78, 5) is 2.31. The van der Waals surface area contributed by atoms with Crippen molar-refractivity contribution in [2.75, 3.05) is 14.1 Å². The van der Waals surface area contributed by atoms with Gasteiger partial charge in [-0.05, 0) is 63.2 Å². The van der Waals surface area contributed by atoms with Gasteiger partial charge in [-0.1, -0.05) is 6.07 Å². The van der Waals surface area contributed by atoms with Crippen molar-refractivity contribution in [3.8, 4) is 5.69 Å². The van der Waals surface area contributed by atoms with Crippen LogP contribution in [0.3, 0.4) is 0 Å². The summed E-state index contributed by atoms with van der Waals surface area (Å²) in [5.74, 6) is 0. The van der Waals surface area contributed by atoms with Crippen LogP contribution in [-0.2, 0) is 6.42 Å². The number of hydrogen-bond donors (Lipinski definition) is 0. The summed E-state index contributed by atoms with van der Waals surface area (Å²) < 4.78 is 1.96. The number of fused-ring (bicyclic) bond motifs is 1. The highest BCUT2D eigenvalue weighted by atomic mass is 35.5. The summed E-state index contributed by atoms with van der Waals surface area (Å²) >= 11 is 0. The van der Waals surface area contributed by atoms with E-state index in [0.717, 1.165) is 11.4 Å². The third kappa shape index (κ3) is 3.00. The van der Waals surface area contributed by atoms with E-state index in [-0.39, 0.29) is 24.8 Å². The van der Waals surface area contributed by atoms with Gasteiger partial charge in [-0.2, -0.15) is 5.10 Å². The monoisotopic (exact) mass is 313 g/mol. The molecule has 0 bridgehead atoms. The Labute approximate surface area is 132 Å². The molecule has 1 atom stereocenters. The van der Waals surface area contributed by atoms with Crippen molar-refractivity contribution >= 4 is 24.8 Å². The second-order valence-electron chi connectivity index (χ2n) is 5.30. The molecule has 1 unspecified atom stereocenters. The molecule has 0 saturated heterocycles. The maximum Gasteiger partial charge on any atom is 0.0649 e. The molecule has 5 heteroatoms. The Kier molecular flexibility index (Phi) is 5.63. The Morgan fingerprint density at radius 3 is 2.55 bits per heavy atom. The van der Waals surface area contributed by atoms with Gasteiger partial charge < -0.3 is 4.90 Å². The Morgan fingerprint density at radius 1 is 1.20 bits per heavy atom. The smallest absolute Gasteiger partial charge is 0.0649 e. The third-order valence-corrected chi connectivity index (χ3v) is 3.79. The lowest BCUT2D eigenvalue weighted by Gasteiger charge is -2.20.